The SMILES string of the molecule is CCc1ccc(S(=O)(=O)Nc2ccc(Cl)nc2)s1. The molecule has 1 N–H and O–H groups in total. The Morgan fingerprint density at radius 3 is 2.67 bits per heavy atom. The lowest BCUT2D eigenvalue weighted by Crippen LogP contribution is -2.11. The fraction of sp³-hybridized carbons (Fsp3) is 0.182. The van der Waals surface area contributed by atoms with E-state index in [1.165, 1.54) is 23.6 Å². The van der Waals surface area contributed by atoms with Crippen LogP contribution in [0.25, 0.3) is 0 Å². The maximum Gasteiger partial charge on any atom is 0.271 e. The molecule has 0 bridgehead atoms. The Kier molecular flexibility index (Phi) is 3.89. The molecule has 0 aliphatic carbocycles. The van der Waals surface area contributed by atoms with Crippen molar-refractivity contribution in [2.24, 2.45) is 0 Å². The number of sulfonamides is 1. The van der Waals surface area contributed by atoms with E-state index in [-0.39, 0.29) is 0 Å². The third kappa shape index (κ3) is 3.01. The minimum absolute atomic E-state index is 0.300. The normalized spacial score (nSPS) is 11.4. The van der Waals surface area contributed by atoms with Crippen molar-refractivity contribution in [1.82, 2.24) is 4.98 Å². The van der Waals surface area contributed by atoms with E-state index in [0.717, 1.165) is 11.3 Å². The zero-order chi connectivity index (χ0) is 13.2. The number of halogens is 1. The molecular weight excluding hydrogens is 292 g/mol. The van der Waals surface area contributed by atoms with Crippen molar-refractivity contribution in [3.63, 3.8) is 0 Å². The summed E-state index contributed by atoms with van der Waals surface area (Å²) in [6.45, 7) is 1.98. The molecule has 0 radical (unpaired) electrons. The van der Waals surface area contributed by atoms with Gasteiger partial charge < -0.3 is 0 Å². The van der Waals surface area contributed by atoms with Gasteiger partial charge in [-0.15, -0.1) is 11.3 Å². The van der Waals surface area contributed by atoms with Crippen molar-refractivity contribution in [3.8, 4) is 0 Å². The molecule has 2 rings (SSSR count). The first-order valence-corrected chi connectivity index (χ1v) is 7.92. The number of aromatic nitrogens is 1. The first kappa shape index (κ1) is 13.3. The number of pyridine rings is 1. The first-order valence-electron chi connectivity index (χ1n) is 5.24. The van der Waals surface area contributed by atoms with E-state index in [1.807, 2.05) is 13.0 Å². The van der Waals surface area contributed by atoms with Crippen LogP contribution in [0.4, 0.5) is 5.69 Å². The van der Waals surface area contributed by atoms with Crippen LogP contribution in [0.2, 0.25) is 5.15 Å². The van der Waals surface area contributed by atoms with Gasteiger partial charge >= 0.3 is 0 Å². The number of thiophene rings is 1. The summed E-state index contributed by atoms with van der Waals surface area (Å²) in [5, 5.41) is 0.322. The summed E-state index contributed by atoms with van der Waals surface area (Å²) in [7, 11) is -3.53. The smallest absolute Gasteiger partial charge is 0.271 e. The second-order valence-corrected chi connectivity index (χ2v) is 7.01. The molecule has 2 heterocycles. The maximum absolute atomic E-state index is 12.1. The summed E-state index contributed by atoms with van der Waals surface area (Å²) in [6.07, 6.45) is 2.21. The standard InChI is InChI=1S/C11H11ClN2O2S2/c1-2-9-4-6-11(17-9)18(15,16)14-8-3-5-10(12)13-7-8/h3-7,14H,2H2,1H3. The molecule has 4 nitrogen and oxygen atoms in total. The van der Waals surface area contributed by atoms with Gasteiger partial charge in [0.2, 0.25) is 0 Å². The molecule has 0 atom stereocenters. The Morgan fingerprint density at radius 1 is 1.33 bits per heavy atom. The number of hydrogen-bond acceptors (Lipinski definition) is 4. The van der Waals surface area contributed by atoms with Gasteiger partial charge in [0, 0.05) is 4.88 Å². The molecule has 0 unspecified atom stereocenters. The van der Waals surface area contributed by atoms with E-state index in [0.29, 0.717) is 15.0 Å². The van der Waals surface area contributed by atoms with Crippen LogP contribution in [0, 0.1) is 0 Å². The van der Waals surface area contributed by atoms with Crippen LogP contribution in [0.3, 0.4) is 0 Å². The third-order valence-electron chi connectivity index (χ3n) is 2.23. The zero-order valence-corrected chi connectivity index (χ0v) is 11.9. The average Bonchev–Trinajstić information content (AvgIpc) is 2.81. The second-order valence-electron chi connectivity index (χ2n) is 3.55. The molecule has 0 aliphatic heterocycles. The maximum atomic E-state index is 12.1. The van der Waals surface area contributed by atoms with Crippen molar-refractivity contribution in [3.05, 3.63) is 40.5 Å². The molecule has 0 amide bonds. The Hall–Kier alpha value is -1.11. The predicted molar refractivity (Wildman–Crippen MR) is 73.8 cm³/mol. The lowest BCUT2D eigenvalue weighted by molar-refractivity contribution is 0.603. The molecule has 0 spiro atoms. The van der Waals surface area contributed by atoms with Gasteiger partial charge in [-0.2, -0.15) is 0 Å². The van der Waals surface area contributed by atoms with Gasteiger partial charge in [0.1, 0.15) is 9.36 Å². The Morgan fingerprint density at radius 2 is 2.11 bits per heavy atom. The molecule has 0 saturated carbocycles. The highest BCUT2D eigenvalue weighted by molar-refractivity contribution is 7.94. The highest BCUT2D eigenvalue weighted by atomic mass is 35.5. The summed E-state index contributed by atoms with van der Waals surface area (Å²) in [5.74, 6) is 0. The number of nitrogens with zero attached hydrogens (tertiary/aromatic N) is 1. The highest BCUT2D eigenvalue weighted by Gasteiger charge is 2.16. The van der Waals surface area contributed by atoms with Crippen molar-refractivity contribution in [2.75, 3.05) is 4.72 Å². The summed E-state index contributed by atoms with van der Waals surface area (Å²) in [5.41, 5.74) is 0.394. The van der Waals surface area contributed by atoms with Crippen molar-refractivity contribution in [2.45, 2.75) is 17.6 Å². The molecule has 96 valence electrons. The van der Waals surface area contributed by atoms with E-state index >= 15 is 0 Å². The molecule has 0 aliphatic rings. The number of nitrogens with one attached hydrogen (secondary N) is 1. The summed E-state index contributed by atoms with van der Waals surface area (Å²) in [4.78, 5) is 4.85. The number of aryl methyl sites for hydroxylation is 1. The van der Waals surface area contributed by atoms with E-state index < -0.39 is 10.0 Å². The van der Waals surface area contributed by atoms with Crippen LogP contribution in [0.5, 0.6) is 0 Å². The van der Waals surface area contributed by atoms with Gasteiger partial charge in [0.15, 0.2) is 0 Å². The zero-order valence-electron chi connectivity index (χ0n) is 9.55. The summed E-state index contributed by atoms with van der Waals surface area (Å²) in [6, 6.07) is 6.53. The topological polar surface area (TPSA) is 59.1 Å². The van der Waals surface area contributed by atoms with Gasteiger partial charge in [-0.3, -0.25) is 4.72 Å². The summed E-state index contributed by atoms with van der Waals surface area (Å²) < 4.78 is 26.9. The first-order chi connectivity index (χ1) is 8.51. The molecule has 2 aromatic heterocycles. The fourth-order valence-electron chi connectivity index (χ4n) is 1.33. The van der Waals surface area contributed by atoms with Crippen LogP contribution in [-0.4, -0.2) is 13.4 Å². The molecule has 0 fully saturated rings. The van der Waals surface area contributed by atoms with Crippen molar-refractivity contribution < 1.29 is 8.42 Å². The van der Waals surface area contributed by atoms with Crippen LogP contribution in [0.1, 0.15) is 11.8 Å². The summed E-state index contributed by atoms with van der Waals surface area (Å²) >= 11 is 6.90. The Balaban J connectivity index is 2.24. The number of hydrogen-bond donors (Lipinski definition) is 1. The van der Waals surface area contributed by atoms with Crippen LogP contribution in [-0.2, 0) is 16.4 Å². The minimum Gasteiger partial charge on any atom is -0.277 e. The monoisotopic (exact) mass is 302 g/mol. The van der Waals surface area contributed by atoms with E-state index in [2.05, 4.69) is 9.71 Å². The van der Waals surface area contributed by atoms with Crippen LogP contribution in [0.15, 0.2) is 34.7 Å². The van der Waals surface area contributed by atoms with Gasteiger partial charge in [-0.1, -0.05) is 18.5 Å². The molecule has 0 saturated heterocycles. The van der Waals surface area contributed by atoms with Gasteiger partial charge in [0.25, 0.3) is 10.0 Å². The van der Waals surface area contributed by atoms with Gasteiger partial charge in [-0.25, -0.2) is 13.4 Å². The minimum atomic E-state index is -3.53. The molecule has 2 aromatic rings. The Labute approximate surface area is 115 Å². The molecular formula is C11H11ClN2O2S2. The van der Waals surface area contributed by atoms with E-state index in [4.69, 9.17) is 11.6 Å². The van der Waals surface area contributed by atoms with Crippen molar-refractivity contribution in [1.29, 1.82) is 0 Å². The number of rotatable bonds is 4. The molecule has 18 heavy (non-hydrogen) atoms. The average molecular weight is 303 g/mol. The van der Waals surface area contributed by atoms with Crippen molar-refractivity contribution >= 4 is 38.6 Å². The lowest BCUT2D eigenvalue weighted by atomic mass is 10.4. The number of anilines is 1. The fourth-order valence-corrected chi connectivity index (χ4v) is 3.78. The predicted octanol–water partition coefficient (Wildman–Crippen LogP) is 3.16. The van der Waals surface area contributed by atoms with E-state index in [9.17, 15) is 8.42 Å². The molecule has 7 heteroatoms. The van der Waals surface area contributed by atoms with Crippen LogP contribution >= 0.6 is 22.9 Å². The largest absolute Gasteiger partial charge is 0.277 e. The second kappa shape index (κ2) is 5.26. The van der Waals surface area contributed by atoms with E-state index in [1.54, 1.807) is 12.1 Å². The van der Waals surface area contributed by atoms with Gasteiger partial charge in [0.05, 0.1) is 11.9 Å². The lowest BCUT2D eigenvalue weighted by Gasteiger charge is -2.05. The third-order valence-corrected chi connectivity index (χ3v) is 5.56. The molecule has 0 aromatic carbocycles. The quantitative estimate of drug-likeness (QED) is 0.883. The Bertz CT molecular complexity index is 635. The highest BCUT2D eigenvalue weighted by Crippen LogP contribution is 2.24. The van der Waals surface area contributed by atoms with Gasteiger partial charge in [-0.05, 0) is 30.7 Å². The van der Waals surface area contributed by atoms with Crippen LogP contribution < -0.4 is 4.72 Å².